The zero-order chi connectivity index (χ0) is 14.3. The summed E-state index contributed by atoms with van der Waals surface area (Å²) >= 11 is 8.27. The number of nitro benzene ring substituents is 1. The van der Waals surface area contributed by atoms with Crippen molar-refractivity contribution in [2.75, 3.05) is 0 Å². The normalized spacial score (nSPS) is 14.3. The van der Waals surface area contributed by atoms with Crippen LogP contribution in [0.5, 0.6) is 0 Å². The summed E-state index contributed by atoms with van der Waals surface area (Å²) in [4.78, 5) is 19.4. The van der Waals surface area contributed by atoms with Gasteiger partial charge in [0.15, 0.2) is 5.82 Å². The summed E-state index contributed by atoms with van der Waals surface area (Å²) in [6.07, 6.45) is 2.17. The van der Waals surface area contributed by atoms with Crippen LogP contribution in [-0.2, 0) is 0 Å². The predicted octanol–water partition coefficient (Wildman–Crippen LogP) is 4.19. The quantitative estimate of drug-likeness (QED) is 0.335. The van der Waals surface area contributed by atoms with E-state index in [1.807, 2.05) is 0 Å². The van der Waals surface area contributed by atoms with Crippen LogP contribution < -0.4 is 0 Å². The Balaban J connectivity index is 2.18. The fourth-order valence-corrected chi connectivity index (χ4v) is 2.86. The molecule has 1 aliphatic rings. The topological polar surface area (TPSA) is 68.9 Å². The van der Waals surface area contributed by atoms with Gasteiger partial charge in [0, 0.05) is 12.0 Å². The molecule has 1 aromatic heterocycles. The van der Waals surface area contributed by atoms with Crippen molar-refractivity contribution < 1.29 is 4.92 Å². The molecule has 1 aromatic carbocycles. The molecule has 0 aliphatic heterocycles. The Morgan fingerprint density at radius 2 is 2.00 bits per heavy atom. The lowest BCUT2D eigenvalue weighted by Crippen LogP contribution is -2.01. The van der Waals surface area contributed by atoms with Crippen LogP contribution in [0, 0.1) is 13.7 Å². The Morgan fingerprint density at radius 3 is 2.65 bits per heavy atom. The molecule has 7 heteroatoms. The largest absolute Gasteiger partial charge is 0.280 e. The van der Waals surface area contributed by atoms with Crippen LogP contribution in [-0.4, -0.2) is 14.9 Å². The highest BCUT2D eigenvalue weighted by molar-refractivity contribution is 14.1. The average Bonchev–Trinajstić information content (AvgIpc) is 3.26. The molecule has 0 spiro atoms. The summed E-state index contributed by atoms with van der Waals surface area (Å²) in [7, 11) is 0. The van der Waals surface area contributed by atoms with Crippen molar-refractivity contribution in [2.45, 2.75) is 18.8 Å². The molecule has 5 nitrogen and oxygen atoms in total. The molecule has 0 saturated heterocycles. The van der Waals surface area contributed by atoms with Gasteiger partial charge in [-0.15, -0.1) is 0 Å². The minimum atomic E-state index is -0.429. The third kappa shape index (κ3) is 2.49. The molecule has 1 aliphatic carbocycles. The first-order chi connectivity index (χ1) is 9.58. The van der Waals surface area contributed by atoms with E-state index in [4.69, 9.17) is 11.6 Å². The Labute approximate surface area is 133 Å². The SMILES string of the molecule is O=[N+]([O-])c1ccccc1-c1nc(Cl)c(I)c(C2CC2)n1. The summed E-state index contributed by atoms with van der Waals surface area (Å²) in [6.45, 7) is 0. The van der Waals surface area contributed by atoms with E-state index in [-0.39, 0.29) is 5.69 Å². The summed E-state index contributed by atoms with van der Waals surface area (Å²) in [5.74, 6) is 0.730. The first-order valence-corrected chi connectivity index (χ1v) is 7.50. The highest BCUT2D eigenvalue weighted by atomic mass is 127. The summed E-state index contributed by atoms with van der Waals surface area (Å²) in [6, 6.07) is 6.45. The molecule has 0 amide bonds. The molecule has 20 heavy (non-hydrogen) atoms. The number of rotatable bonds is 3. The molecule has 0 N–H and O–H groups in total. The predicted molar refractivity (Wildman–Crippen MR) is 83.8 cm³/mol. The van der Waals surface area contributed by atoms with Gasteiger partial charge in [0.1, 0.15) is 5.15 Å². The van der Waals surface area contributed by atoms with Crippen LogP contribution >= 0.6 is 34.2 Å². The number of hydrogen-bond donors (Lipinski definition) is 0. The second-order valence-electron chi connectivity index (χ2n) is 4.59. The van der Waals surface area contributed by atoms with Crippen LogP contribution in [0.1, 0.15) is 24.5 Å². The molecule has 0 atom stereocenters. The number of benzene rings is 1. The van der Waals surface area contributed by atoms with E-state index in [1.54, 1.807) is 18.2 Å². The maximum absolute atomic E-state index is 11.1. The van der Waals surface area contributed by atoms with Crippen molar-refractivity contribution >= 4 is 39.9 Å². The monoisotopic (exact) mass is 401 g/mol. The lowest BCUT2D eigenvalue weighted by Gasteiger charge is -2.07. The van der Waals surface area contributed by atoms with Crippen molar-refractivity contribution in [3.05, 3.63) is 48.8 Å². The fraction of sp³-hybridized carbons (Fsp3) is 0.231. The minimum absolute atomic E-state index is 0.00785. The number of hydrogen-bond acceptors (Lipinski definition) is 4. The van der Waals surface area contributed by atoms with E-state index in [1.165, 1.54) is 6.07 Å². The number of aromatic nitrogens is 2. The average molecular weight is 402 g/mol. The molecular formula is C13H9ClIN3O2. The van der Waals surface area contributed by atoms with Crippen LogP contribution in [0.3, 0.4) is 0 Å². The second kappa shape index (κ2) is 5.25. The van der Waals surface area contributed by atoms with E-state index in [9.17, 15) is 10.1 Å². The molecule has 1 fully saturated rings. The molecule has 2 aromatic rings. The van der Waals surface area contributed by atoms with Gasteiger partial charge in [0.25, 0.3) is 5.69 Å². The highest BCUT2D eigenvalue weighted by Crippen LogP contribution is 2.43. The molecular weight excluding hydrogens is 393 g/mol. The van der Waals surface area contributed by atoms with Crippen LogP contribution in [0.25, 0.3) is 11.4 Å². The van der Waals surface area contributed by atoms with Crippen LogP contribution in [0.2, 0.25) is 5.15 Å². The van der Waals surface area contributed by atoms with Gasteiger partial charge >= 0.3 is 0 Å². The summed E-state index contributed by atoms with van der Waals surface area (Å²) in [5.41, 5.74) is 1.29. The van der Waals surface area contributed by atoms with Crippen molar-refractivity contribution in [3.63, 3.8) is 0 Å². The van der Waals surface area contributed by atoms with Gasteiger partial charge in [-0.25, -0.2) is 9.97 Å². The maximum Gasteiger partial charge on any atom is 0.280 e. The molecule has 0 bridgehead atoms. The van der Waals surface area contributed by atoms with Gasteiger partial charge in [-0.2, -0.15) is 0 Å². The van der Waals surface area contributed by atoms with Crippen molar-refractivity contribution in [1.29, 1.82) is 0 Å². The number of nitro groups is 1. The van der Waals surface area contributed by atoms with E-state index >= 15 is 0 Å². The van der Waals surface area contributed by atoms with E-state index in [0.29, 0.717) is 22.5 Å². The highest BCUT2D eigenvalue weighted by Gasteiger charge is 2.30. The molecule has 0 unspecified atom stereocenters. The standard InChI is InChI=1S/C13H9ClIN3O2/c14-12-10(15)11(7-5-6-7)16-13(17-12)8-3-1-2-4-9(8)18(19)20/h1-4,7H,5-6H2. The fourth-order valence-electron chi connectivity index (χ4n) is 2.01. The lowest BCUT2D eigenvalue weighted by molar-refractivity contribution is -0.384. The van der Waals surface area contributed by atoms with Crippen LogP contribution in [0.15, 0.2) is 24.3 Å². The van der Waals surface area contributed by atoms with Crippen molar-refractivity contribution in [2.24, 2.45) is 0 Å². The molecule has 0 radical (unpaired) electrons. The smallest absolute Gasteiger partial charge is 0.258 e. The van der Waals surface area contributed by atoms with E-state index in [2.05, 4.69) is 32.6 Å². The van der Waals surface area contributed by atoms with Gasteiger partial charge in [0.2, 0.25) is 0 Å². The first kappa shape index (κ1) is 13.7. The van der Waals surface area contributed by atoms with E-state index < -0.39 is 4.92 Å². The van der Waals surface area contributed by atoms with Crippen molar-refractivity contribution in [1.82, 2.24) is 9.97 Å². The Bertz CT molecular complexity index is 704. The molecule has 1 saturated carbocycles. The molecule has 1 heterocycles. The summed E-state index contributed by atoms with van der Waals surface area (Å²) in [5, 5.41) is 11.5. The third-order valence-corrected chi connectivity index (χ3v) is 4.80. The second-order valence-corrected chi connectivity index (χ2v) is 6.02. The van der Waals surface area contributed by atoms with Gasteiger partial charge < -0.3 is 0 Å². The number of halogens is 2. The first-order valence-electron chi connectivity index (χ1n) is 6.04. The number of para-hydroxylation sites is 1. The minimum Gasteiger partial charge on any atom is -0.258 e. The lowest BCUT2D eigenvalue weighted by atomic mass is 10.1. The number of nitrogens with zero attached hydrogens (tertiary/aromatic N) is 3. The van der Waals surface area contributed by atoms with E-state index in [0.717, 1.165) is 22.1 Å². The Kier molecular flexibility index (Phi) is 3.59. The summed E-state index contributed by atoms with van der Waals surface area (Å²) < 4.78 is 0.842. The van der Waals surface area contributed by atoms with Gasteiger partial charge in [0.05, 0.1) is 19.8 Å². The molecule has 3 rings (SSSR count). The Morgan fingerprint density at radius 1 is 1.30 bits per heavy atom. The van der Waals surface area contributed by atoms with Gasteiger partial charge in [-0.05, 0) is 41.5 Å². The zero-order valence-corrected chi connectivity index (χ0v) is 13.1. The Hall–Kier alpha value is -1.28. The van der Waals surface area contributed by atoms with Gasteiger partial charge in [-0.1, -0.05) is 23.7 Å². The van der Waals surface area contributed by atoms with Gasteiger partial charge in [-0.3, -0.25) is 10.1 Å². The van der Waals surface area contributed by atoms with Crippen molar-refractivity contribution in [3.8, 4) is 11.4 Å². The molecule has 102 valence electrons. The maximum atomic E-state index is 11.1. The van der Waals surface area contributed by atoms with Crippen LogP contribution in [0.4, 0.5) is 5.69 Å². The zero-order valence-electron chi connectivity index (χ0n) is 10.2. The third-order valence-electron chi connectivity index (χ3n) is 3.14.